The van der Waals surface area contributed by atoms with E-state index < -0.39 is 12.0 Å². The van der Waals surface area contributed by atoms with E-state index in [1.807, 2.05) is 18.2 Å². The van der Waals surface area contributed by atoms with Gasteiger partial charge in [0.15, 0.2) is 6.04 Å². The molecule has 0 heterocycles. The quantitative estimate of drug-likeness (QED) is 0.769. The van der Waals surface area contributed by atoms with E-state index in [1.54, 1.807) is 12.1 Å². The van der Waals surface area contributed by atoms with Crippen molar-refractivity contribution in [2.75, 3.05) is 0 Å². The maximum Gasteiger partial charge on any atom is 0.327 e. The van der Waals surface area contributed by atoms with Crippen LogP contribution in [0.4, 0.5) is 0 Å². The van der Waals surface area contributed by atoms with Gasteiger partial charge in [-0.3, -0.25) is 9.63 Å². The van der Waals surface area contributed by atoms with Crippen molar-refractivity contribution in [2.24, 2.45) is 0 Å². The van der Waals surface area contributed by atoms with Gasteiger partial charge in [0.1, 0.15) is 0 Å². The van der Waals surface area contributed by atoms with Crippen LogP contribution in [0.25, 0.3) is 0 Å². The minimum Gasteiger partial charge on any atom is -0.480 e. The number of carbonyl (C=O) groups is 1. The van der Waals surface area contributed by atoms with Crippen molar-refractivity contribution in [1.29, 1.82) is 0 Å². The number of rotatable bonds is 5. The average molecular weight is 235 g/mol. The first-order valence-corrected chi connectivity index (χ1v) is 5.96. The lowest BCUT2D eigenvalue weighted by Gasteiger charge is -2.17. The highest BCUT2D eigenvalue weighted by molar-refractivity contribution is 5.75. The Bertz CT molecular complexity index is 360. The molecule has 1 fully saturated rings. The van der Waals surface area contributed by atoms with Crippen molar-refractivity contribution < 1.29 is 14.7 Å². The van der Waals surface area contributed by atoms with Crippen molar-refractivity contribution in [2.45, 2.75) is 37.8 Å². The van der Waals surface area contributed by atoms with Crippen LogP contribution in [0.15, 0.2) is 30.3 Å². The van der Waals surface area contributed by atoms with Gasteiger partial charge in [-0.1, -0.05) is 43.2 Å². The number of carboxylic acid groups (broad SMARTS) is 1. The Morgan fingerprint density at radius 2 is 1.94 bits per heavy atom. The lowest BCUT2D eigenvalue weighted by atomic mass is 10.1. The Kier molecular flexibility index (Phi) is 4.12. The topological polar surface area (TPSA) is 58.6 Å². The second-order valence-electron chi connectivity index (χ2n) is 4.32. The largest absolute Gasteiger partial charge is 0.480 e. The Morgan fingerprint density at radius 1 is 1.29 bits per heavy atom. The van der Waals surface area contributed by atoms with Crippen LogP contribution in [0.3, 0.4) is 0 Å². The van der Waals surface area contributed by atoms with Crippen LogP contribution in [-0.2, 0) is 9.63 Å². The smallest absolute Gasteiger partial charge is 0.327 e. The number of hydrogen-bond acceptors (Lipinski definition) is 3. The van der Waals surface area contributed by atoms with Gasteiger partial charge in [0.2, 0.25) is 0 Å². The van der Waals surface area contributed by atoms with Gasteiger partial charge in [-0.2, -0.15) is 5.48 Å². The minimum atomic E-state index is -0.922. The molecule has 1 saturated carbocycles. The number of hydroxylamine groups is 1. The lowest BCUT2D eigenvalue weighted by molar-refractivity contribution is -0.146. The molecule has 1 aromatic rings. The Morgan fingerprint density at radius 3 is 2.53 bits per heavy atom. The summed E-state index contributed by atoms with van der Waals surface area (Å²) in [5.74, 6) is -0.922. The molecule has 1 aromatic carbocycles. The molecule has 2 rings (SSSR count). The molecule has 0 spiro atoms. The Balaban J connectivity index is 1.95. The second kappa shape index (κ2) is 5.80. The van der Waals surface area contributed by atoms with E-state index in [4.69, 9.17) is 9.94 Å². The summed E-state index contributed by atoms with van der Waals surface area (Å²) in [6.07, 6.45) is 4.49. The van der Waals surface area contributed by atoms with Crippen LogP contribution in [0, 0.1) is 0 Å². The molecule has 0 bridgehead atoms. The third-order valence-electron chi connectivity index (χ3n) is 3.03. The predicted octanol–water partition coefficient (Wildman–Crippen LogP) is 2.28. The zero-order valence-electron chi connectivity index (χ0n) is 9.63. The van der Waals surface area contributed by atoms with E-state index in [9.17, 15) is 4.79 Å². The molecule has 0 amide bonds. The first-order valence-electron chi connectivity index (χ1n) is 5.96. The molecule has 4 nitrogen and oxygen atoms in total. The fourth-order valence-corrected chi connectivity index (χ4v) is 2.08. The maximum absolute atomic E-state index is 11.2. The van der Waals surface area contributed by atoms with Crippen LogP contribution in [-0.4, -0.2) is 17.2 Å². The van der Waals surface area contributed by atoms with Gasteiger partial charge in [0, 0.05) is 0 Å². The lowest BCUT2D eigenvalue weighted by Crippen LogP contribution is -2.31. The average Bonchev–Trinajstić information content (AvgIpc) is 2.83. The fraction of sp³-hybridized carbons (Fsp3) is 0.462. The summed E-state index contributed by atoms with van der Waals surface area (Å²) in [5, 5.41) is 9.16. The number of hydrogen-bond donors (Lipinski definition) is 2. The van der Waals surface area contributed by atoms with Gasteiger partial charge >= 0.3 is 5.97 Å². The Hall–Kier alpha value is -1.39. The summed E-state index contributed by atoms with van der Waals surface area (Å²) < 4.78 is 0. The summed E-state index contributed by atoms with van der Waals surface area (Å²) in [7, 11) is 0. The summed E-state index contributed by atoms with van der Waals surface area (Å²) >= 11 is 0. The highest BCUT2D eigenvalue weighted by Crippen LogP contribution is 2.21. The number of aliphatic carboxylic acids is 1. The van der Waals surface area contributed by atoms with Crippen molar-refractivity contribution in [3.05, 3.63) is 35.9 Å². The molecule has 1 aliphatic carbocycles. The molecular weight excluding hydrogens is 218 g/mol. The molecule has 1 aliphatic rings. The summed E-state index contributed by atoms with van der Waals surface area (Å²) in [4.78, 5) is 16.6. The summed E-state index contributed by atoms with van der Waals surface area (Å²) in [5.41, 5.74) is 3.38. The van der Waals surface area contributed by atoms with Crippen LogP contribution in [0.5, 0.6) is 0 Å². The first kappa shape index (κ1) is 12.1. The molecular formula is C13H17NO3. The van der Waals surface area contributed by atoms with Crippen molar-refractivity contribution >= 4 is 5.97 Å². The minimum absolute atomic E-state index is 0.153. The van der Waals surface area contributed by atoms with Crippen LogP contribution in [0.1, 0.15) is 37.3 Å². The van der Waals surface area contributed by atoms with E-state index >= 15 is 0 Å². The van der Waals surface area contributed by atoms with Gasteiger partial charge in [0.25, 0.3) is 0 Å². The molecule has 0 saturated heterocycles. The van der Waals surface area contributed by atoms with Crippen LogP contribution >= 0.6 is 0 Å². The number of nitrogens with one attached hydrogen (secondary N) is 1. The third-order valence-corrected chi connectivity index (χ3v) is 3.03. The van der Waals surface area contributed by atoms with Gasteiger partial charge in [-0.05, 0) is 18.4 Å². The van der Waals surface area contributed by atoms with Crippen LogP contribution in [0.2, 0.25) is 0 Å². The molecule has 92 valence electrons. The third kappa shape index (κ3) is 3.28. The van der Waals surface area contributed by atoms with Crippen LogP contribution < -0.4 is 5.48 Å². The molecule has 0 aliphatic heterocycles. The molecule has 1 unspecified atom stereocenters. The standard InChI is InChI=1S/C13H17NO3/c15-13(16)12(10-6-2-1-3-7-10)14-17-11-8-4-5-9-11/h1-3,6-7,11-12,14H,4-5,8-9H2,(H,15,16). The maximum atomic E-state index is 11.2. The van der Waals surface area contributed by atoms with Crippen molar-refractivity contribution in [3.63, 3.8) is 0 Å². The van der Waals surface area contributed by atoms with E-state index in [2.05, 4.69) is 5.48 Å². The zero-order chi connectivity index (χ0) is 12.1. The summed E-state index contributed by atoms with van der Waals surface area (Å²) in [6.45, 7) is 0. The molecule has 1 atom stereocenters. The van der Waals surface area contributed by atoms with Gasteiger partial charge < -0.3 is 5.11 Å². The monoisotopic (exact) mass is 235 g/mol. The summed E-state index contributed by atoms with van der Waals surface area (Å²) in [6, 6.07) is 8.27. The zero-order valence-corrected chi connectivity index (χ0v) is 9.63. The molecule has 17 heavy (non-hydrogen) atoms. The molecule has 4 heteroatoms. The SMILES string of the molecule is O=C(O)C(NOC1CCCC1)c1ccccc1. The van der Waals surface area contributed by atoms with E-state index in [-0.39, 0.29) is 6.10 Å². The van der Waals surface area contributed by atoms with Crippen molar-refractivity contribution in [1.82, 2.24) is 5.48 Å². The second-order valence-corrected chi connectivity index (χ2v) is 4.32. The molecule has 0 radical (unpaired) electrons. The highest BCUT2D eigenvalue weighted by atomic mass is 16.7. The normalized spacial score (nSPS) is 18.1. The van der Waals surface area contributed by atoms with Gasteiger partial charge in [-0.25, -0.2) is 0 Å². The first-order chi connectivity index (χ1) is 8.27. The predicted molar refractivity (Wildman–Crippen MR) is 63.3 cm³/mol. The van der Waals surface area contributed by atoms with Crippen molar-refractivity contribution in [3.8, 4) is 0 Å². The highest BCUT2D eigenvalue weighted by Gasteiger charge is 2.22. The van der Waals surface area contributed by atoms with E-state index in [0.717, 1.165) is 25.7 Å². The molecule has 0 aromatic heterocycles. The van der Waals surface area contributed by atoms with E-state index in [1.165, 1.54) is 0 Å². The van der Waals surface area contributed by atoms with E-state index in [0.29, 0.717) is 5.56 Å². The fourth-order valence-electron chi connectivity index (χ4n) is 2.08. The Labute approximate surface area is 101 Å². The number of benzene rings is 1. The van der Waals surface area contributed by atoms with Gasteiger partial charge in [-0.15, -0.1) is 0 Å². The van der Waals surface area contributed by atoms with Gasteiger partial charge in [0.05, 0.1) is 6.10 Å². The molecule has 2 N–H and O–H groups in total. The number of carboxylic acids is 1.